The second-order valence-electron chi connectivity index (χ2n) is 6.69. The highest BCUT2D eigenvalue weighted by atomic mass is 32.2. The second kappa shape index (κ2) is 7.32. The zero-order chi connectivity index (χ0) is 18.9. The summed E-state index contributed by atoms with van der Waals surface area (Å²) in [5, 5.41) is 4.12. The number of halogens is 1. The Labute approximate surface area is 157 Å². The van der Waals surface area contributed by atoms with Crippen LogP contribution in [0.5, 0.6) is 5.75 Å². The van der Waals surface area contributed by atoms with Crippen molar-refractivity contribution in [2.75, 3.05) is 13.2 Å². The number of hydrogen-bond donors (Lipinski definition) is 1. The molecular weight excluding hydrogens is 367 g/mol. The number of benzene rings is 2. The first-order valence-electron chi connectivity index (χ1n) is 9.04. The largest absolute Gasteiger partial charge is 0.491 e. The van der Waals surface area contributed by atoms with Gasteiger partial charge in [-0.2, -0.15) is 0 Å². The third kappa shape index (κ3) is 3.44. The van der Waals surface area contributed by atoms with Crippen LogP contribution in [0, 0.1) is 5.82 Å². The van der Waals surface area contributed by atoms with Gasteiger partial charge in [-0.1, -0.05) is 24.6 Å². The number of piperidine rings is 1. The predicted molar refractivity (Wildman–Crippen MR) is 102 cm³/mol. The van der Waals surface area contributed by atoms with Crippen LogP contribution in [0.15, 0.2) is 59.6 Å². The molecule has 3 aromatic rings. The monoisotopic (exact) mass is 388 g/mol. The summed E-state index contributed by atoms with van der Waals surface area (Å²) < 4.78 is 47.0. The molecule has 1 saturated heterocycles. The zero-order valence-corrected chi connectivity index (χ0v) is 15.6. The molecule has 1 aliphatic rings. The van der Waals surface area contributed by atoms with Crippen molar-refractivity contribution in [1.82, 2.24) is 9.29 Å². The Hall–Kier alpha value is -2.38. The van der Waals surface area contributed by atoms with Crippen molar-refractivity contribution in [2.45, 2.75) is 30.2 Å². The van der Waals surface area contributed by atoms with Gasteiger partial charge in [-0.05, 0) is 49.7 Å². The van der Waals surface area contributed by atoms with E-state index in [4.69, 9.17) is 4.74 Å². The molecule has 0 radical (unpaired) electrons. The van der Waals surface area contributed by atoms with Crippen molar-refractivity contribution in [3.05, 3.63) is 60.5 Å². The van der Waals surface area contributed by atoms with Crippen LogP contribution < -0.4 is 10.1 Å². The summed E-state index contributed by atoms with van der Waals surface area (Å²) in [6.45, 7) is 1.53. The molecule has 1 unspecified atom stereocenters. The van der Waals surface area contributed by atoms with E-state index in [1.807, 2.05) is 6.07 Å². The summed E-state index contributed by atoms with van der Waals surface area (Å²) in [4.78, 5) is -0.347. The maximum absolute atomic E-state index is 14.1. The van der Waals surface area contributed by atoms with Crippen LogP contribution in [0.2, 0.25) is 0 Å². The highest BCUT2D eigenvalue weighted by Gasteiger charge is 2.23. The molecule has 1 fully saturated rings. The van der Waals surface area contributed by atoms with E-state index in [1.54, 1.807) is 18.2 Å². The van der Waals surface area contributed by atoms with Crippen molar-refractivity contribution >= 4 is 20.9 Å². The van der Waals surface area contributed by atoms with Gasteiger partial charge in [-0.3, -0.25) is 0 Å². The van der Waals surface area contributed by atoms with Crippen LogP contribution in [0.3, 0.4) is 0 Å². The highest BCUT2D eigenvalue weighted by molar-refractivity contribution is 7.90. The van der Waals surface area contributed by atoms with Crippen LogP contribution in [0.25, 0.3) is 10.9 Å². The van der Waals surface area contributed by atoms with Crippen LogP contribution in [0.1, 0.15) is 19.3 Å². The molecule has 1 aromatic heterocycles. The highest BCUT2D eigenvalue weighted by Crippen LogP contribution is 2.30. The van der Waals surface area contributed by atoms with Gasteiger partial charge in [-0.25, -0.2) is 16.8 Å². The minimum Gasteiger partial charge on any atom is -0.491 e. The van der Waals surface area contributed by atoms with Gasteiger partial charge in [0, 0.05) is 17.6 Å². The number of fused-ring (bicyclic) bond motifs is 1. The quantitative estimate of drug-likeness (QED) is 0.726. The van der Waals surface area contributed by atoms with Gasteiger partial charge in [0.05, 0.1) is 5.52 Å². The summed E-state index contributed by atoms with van der Waals surface area (Å²) in [6, 6.07) is 12.6. The average molecular weight is 388 g/mol. The lowest BCUT2D eigenvalue weighted by Crippen LogP contribution is -2.38. The molecule has 2 heterocycles. The number of nitrogens with one attached hydrogen (secondary N) is 1. The van der Waals surface area contributed by atoms with Gasteiger partial charge in [0.1, 0.15) is 23.1 Å². The average Bonchev–Trinajstić information content (AvgIpc) is 3.13. The fourth-order valence-electron chi connectivity index (χ4n) is 3.47. The van der Waals surface area contributed by atoms with Gasteiger partial charge in [0.15, 0.2) is 0 Å². The molecule has 0 aliphatic carbocycles. The lowest BCUT2D eigenvalue weighted by molar-refractivity contribution is 0.241. The third-order valence-corrected chi connectivity index (χ3v) is 6.61. The molecule has 142 valence electrons. The van der Waals surface area contributed by atoms with Crippen molar-refractivity contribution in [3.63, 3.8) is 0 Å². The molecule has 0 amide bonds. The van der Waals surface area contributed by atoms with E-state index in [1.165, 1.54) is 37.2 Å². The maximum atomic E-state index is 14.1. The molecule has 0 spiro atoms. The van der Waals surface area contributed by atoms with Crippen LogP contribution in [0.4, 0.5) is 4.39 Å². The van der Waals surface area contributed by atoms with E-state index in [0.717, 1.165) is 23.0 Å². The van der Waals surface area contributed by atoms with Crippen molar-refractivity contribution in [2.24, 2.45) is 0 Å². The van der Waals surface area contributed by atoms with E-state index in [-0.39, 0.29) is 4.90 Å². The minimum absolute atomic E-state index is 0.304. The smallest absolute Gasteiger partial charge is 0.271 e. The summed E-state index contributed by atoms with van der Waals surface area (Å²) >= 11 is 0. The molecule has 1 aliphatic heterocycles. The predicted octanol–water partition coefficient (Wildman–Crippen LogP) is 3.54. The summed E-state index contributed by atoms with van der Waals surface area (Å²) in [7, 11) is -4.03. The zero-order valence-electron chi connectivity index (χ0n) is 14.8. The van der Waals surface area contributed by atoms with Gasteiger partial charge < -0.3 is 10.1 Å². The standard InChI is InChI=1S/C20H21FN2O3S/c21-17-7-1-2-10-20(17)27(24,25)23-13-11-16-18(23)8-5-9-19(16)26-14-15-6-3-4-12-22-15/h1-2,5,7-11,13,15,22H,3-4,6,12,14H2. The number of nitrogens with zero attached hydrogens (tertiary/aromatic N) is 1. The van der Waals surface area contributed by atoms with Crippen LogP contribution >= 0.6 is 0 Å². The lowest BCUT2D eigenvalue weighted by atomic mass is 10.1. The Morgan fingerprint density at radius 1 is 1.11 bits per heavy atom. The number of aromatic nitrogens is 1. The first-order chi connectivity index (χ1) is 13.1. The van der Waals surface area contributed by atoms with E-state index in [9.17, 15) is 12.8 Å². The normalized spacial score (nSPS) is 17.9. The topological polar surface area (TPSA) is 60.3 Å². The molecule has 0 saturated carbocycles. The van der Waals surface area contributed by atoms with E-state index >= 15 is 0 Å². The molecule has 2 aromatic carbocycles. The second-order valence-corrected chi connectivity index (χ2v) is 8.48. The molecule has 27 heavy (non-hydrogen) atoms. The van der Waals surface area contributed by atoms with Gasteiger partial charge in [0.25, 0.3) is 10.0 Å². The van der Waals surface area contributed by atoms with Crippen molar-refractivity contribution in [1.29, 1.82) is 0 Å². The maximum Gasteiger partial charge on any atom is 0.271 e. The number of rotatable bonds is 5. The Morgan fingerprint density at radius 3 is 2.74 bits per heavy atom. The number of ether oxygens (including phenoxy) is 1. The molecule has 0 bridgehead atoms. The van der Waals surface area contributed by atoms with Gasteiger partial charge >= 0.3 is 0 Å². The van der Waals surface area contributed by atoms with E-state index in [0.29, 0.717) is 29.3 Å². The minimum atomic E-state index is -4.03. The summed E-state index contributed by atoms with van der Waals surface area (Å²) in [5.41, 5.74) is 0.465. The Morgan fingerprint density at radius 2 is 1.96 bits per heavy atom. The molecular formula is C20H21FN2O3S. The fourth-order valence-corrected chi connectivity index (χ4v) is 4.88. The molecule has 7 heteroatoms. The summed E-state index contributed by atoms with van der Waals surface area (Å²) in [6.07, 6.45) is 4.88. The van der Waals surface area contributed by atoms with Crippen LogP contribution in [-0.2, 0) is 10.0 Å². The van der Waals surface area contributed by atoms with E-state index in [2.05, 4.69) is 5.32 Å². The molecule has 1 atom stereocenters. The SMILES string of the molecule is O=S(=O)(c1ccccc1F)n1ccc2c(OCC3CCCCN3)cccc21. The van der Waals surface area contributed by atoms with Crippen LogP contribution in [-0.4, -0.2) is 31.6 Å². The molecule has 4 rings (SSSR count). The fraction of sp³-hybridized carbons (Fsp3) is 0.300. The Balaban J connectivity index is 1.67. The first-order valence-corrected chi connectivity index (χ1v) is 10.5. The third-order valence-electron chi connectivity index (χ3n) is 4.88. The van der Waals surface area contributed by atoms with Gasteiger partial charge in [0.2, 0.25) is 0 Å². The first kappa shape index (κ1) is 18.0. The Kier molecular flexibility index (Phi) is 4.88. The van der Waals surface area contributed by atoms with Crippen molar-refractivity contribution < 1.29 is 17.5 Å². The Bertz CT molecular complexity index is 1060. The summed E-state index contributed by atoms with van der Waals surface area (Å²) in [5.74, 6) is -0.141. The molecule has 1 N–H and O–H groups in total. The molecule has 5 nitrogen and oxygen atoms in total. The van der Waals surface area contributed by atoms with Crippen molar-refractivity contribution in [3.8, 4) is 5.75 Å². The number of hydrogen-bond acceptors (Lipinski definition) is 4. The van der Waals surface area contributed by atoms with Gasteiger partial charge in [-0.15, -0.1) is 0 Å². The lowest BCUT2D eigenvalue weighted by Gasteiger charge is -2.23. The van der Waals surface area contributed by atoms with E-state index < -0.39 is 15.8 Å².